The lowest BCUT2D eigenvalue weighted by atomic mass is 9.98. The van der Waals surface area contributed by atoms with E-state index in [1.807, 2.05) is 4.90 Å². The Morgan fingerprint density at radius 3 is 2.67 bits per heavy atom. The maximum atomic E-state index is 13.8. The number of aromatic nitrogens is 4. The van der Waals surface area contributed by atoms with Gasteiger partial charge in [0, 0.05) is 37.8 Å². The maximum absolute atomic E-state index is 13.8. The molecule has 0 radical (unpaired) electrons. The number of benzene rings is 1. The molecule has 234 valence electrons. The summed E-state index contributed by atoms with van der Waals surface area (Å²) in [5.41, 5.74) is 0.539. The number of tetrazole rings is 1. The van der Waals surface area contributed by atoms with Crippen LogP contribution in [0.25, 0.3) is 11.4 Å². The lowest BCUT2D eigenvalue weighted by Crippen LogP contribution is -2.52. The number of nitrogens with one attached hydrogen (secondary N) is 3. The smallest absolute Gasteiger partial charge is 0.307 e. The number of aromatic amines is 1. The van der Waals surface area contributed by atoms with Crippen LogP contribution in [0.2, 0.25) is 0 Å². The van der Waals surface area contributed by atoms with Crippen molar-refractivity contribution in [3.05, 3.63) is 24.3 Å². The van der Waals surface area contributed by atoms with E-state index in [9.17, 15) is 22.8 Å². The number of ether oxygens (including phenoxy) is 1. The molecule has 2 aliphatic rings. The lowest BCUT2D eigenvalue weighted by Gasteiger charge is -2.31. The molecule has 16 nitrogen and oxygen atoms in total. The molecule has 0 spiro atoms. The number of carbonyl (C=O) groups is 3. The molecule has 1 aliphatic heterocycles. The summed E-state index contributed by atoms with van der Waals surface area (Å²) in [7, 11) is -4.23. The molecule has 2 heterocycles. The van der Waals surface area contributed by atoms with Gasteiger partial charge in [0.25, 0.3) is 0 Å². The van der Waals surface area contributed by atoms with Crippen molar-refractivity contribution in [2.75, 3.05) is 32.8 Å². The molecule has 2 fully saturated rings. The minimum absolute atomic E-state index is 0.0381. The van der Waals surface area contributed by atoms with E-state index in [0.717, 1.165) is 32.2 Å². The summed E-state index contributed by atoms with van der Waals surface area (Å²) in [5, 5.41) is 20.0. The highest BCUT2D eigenvalue weighted by molar-refractivity contribution is 7.89. The fourth-order valence-electron chi connectivity index (χ4n) is 4.98. The summed E-state index contributed by atoms with van der Waals surface area (Å²) in [6.07, 6.45) is 4.37. The van der Waals surface area contributed by atoms with Crippen LogP contribution in [-0.2, 0) is 29.1 Å². The normalized spacial score (nSPS) is 17.9. The monoisotopic (exact) mass is 618 g/mol. The second kappa shape index (κ2) is 14.9. The van der Waals surface area contributed by atoms with Gasteiger partial charge in [0.05, 0.1) is 24.3 Å². The van der Waals surface area contributed by atoms with Crippen molar-refractivity contribution in [1.82, 2.24) is 40.5 Å². The van der Waals surface area contributed by atoms with Crippen LogP contribution in [0, 0.1) is 5.92 Å². The number of amides is 2. The molecule has 1 aromatic carbocycles. The summed E-state index contributed by atoms with van der Waals surface area (Å²) in [5.74, 6) is 4.20. The van der Waals surface area contributed by atoms with E-state index in [-0.39, 0.29) is 36.4 Å². The first-order chi connectivity index (χ1) is 20.7. The van der Waals surface area contributed by atoms with Gasteiger partial charge in [-0.3, -0.25) is 14.4 Å². The Labute approximate surface area is 249 Å². The van der Waals surface area contributed by atoms with Crippen molar-refractivity contribution >= 4 is 34.1 Å². The van der Waals surface area contributed by atoms with Crippen molar-refractivity contribution < 1.29 is 27.5 Å². The molecule has 17 heteroatoms. The molecule has 2 amide bonds. The maximum Gasteiger partial charge on any atom is 0.307 e. The van der Waals surface area contributed by atoms with Gasteiger partial charge in [0.2, 0.25) is 27.7 Å². The predicted octanol–water partition coefficient (Wildman–Crippen LogP) is -0.422. The van der Waals surface area contributed by atoms with Gasteiger partial charge in [-0.25, -0.2) is 8.42 Å². The van der Waals surface area contributed by atoms with Crippen LogP contribution >= 0.6 is 0 Å². The number of hydrogen-bond donors (Lipinski definition) is 4. The van der Waals surface area contributed by atoms with Gasteiger partial charge < -0.3 is 25.7 Å². The van der Waals surface area contributed by atoms with Gasteiger partial charge in [0.15, 0.2) is 0 Å². The number of rotatable bonds is 15. The van der Waals surface area contributed by atoms with Gasteiger partial charge >= 0.3 is 5.97 Å². The number of hydrogen-bond acceptors (Lipinski definition) is 11. The molecule has 2 aromatic rings. The van der Waals surface area contributed by atoms with Gasteiger partial charge in [-0.05, 0) is 68.0 Å². The minimum atomic E-state index is -4.23. The predicted molar refractivity (Wildman–Crippen MR) is 154 cm³/mol. The zero-order chi connectivity index (χ0) is 30.8. The molecule has 0 bridgehead atoms. The van der Waals surface area contributed by atoms with Crippen LogP contribution in [0.4, 0.5) is 0 Å². The van der Waals surface area contributed by atoms with E-state index in [0.29, 0.717) is 24.5 Å². The van der Waals surface area contributed by atoms with E-state index in [4.69, 9.17) is 10.6 Å². The molecular formula is C26H38N10O6S. The van der Waals surface area contributed by atoms with E-state index in [1.54, 1.807) is 13.3 Å². The molecule has 2 atom stereocenters. The van der Waals surface area contributed by atoms with E-state index >= 15 is 0 Å². The number of nitrogens with two attached hydrogens (primary N) is 1. The third-order valence-electron chi connectivity index (χ3n) is 7.25. The van der Waals surface area contributed by atoms with Crippen molar-refractivity contribution in [2.45, 2.75) is 62.4 Å². The molecule has 1 saturated heterocycles. The van der Waals surface area contributed by atoms with Crippen LogP contribution in [0.3, 0.4) is 0 Å². The third-order valence-corrected chi connectivity index (χ3v) is 8.74. The van der Waals surface area contributed by atoms with Gasteiger partial charge in [-0.1, -0.05) is 0 Å². The average molecular weight is 619 g/mol. The molecular weight excluding hydrogens is 580 g/mol. The highest BCUT2D eigenvalue weighted by Gasteiger charge is 2.38. The summed E-state index contributed by atoms with van der Waals surface area (Å²) in [4.78, 5) is 42.2. The Morgan fingerprint density at radius 1 is 1.26 bits per heavy atom. The number of H-pyrrole nitrogens is 1. The number of esters is 1. The standard InChI is InChI=1S/C26H38N10O6S/c1-2-42-24(38)11-13-36(20-7-8-20)26(39)22(14-23(37)28-15-18-4-3-12-35(16-18)17-29-27)32-43(40,41)21-9-5-19(6-10-21)25-30-33-34-31-25/h5-6,9-10,17-18,20,22,32H,2-4,7-8,11-16,27H2,1H3,(H,28,37)(H,30,31,33,34)/t18-,22-/m0/s1. The fraction of sp³-hybridized carbons (Fsp3) is 0.577. The minimum Gasteiger partial charge on any atom is -0.466 e. The second-order valence-corrected chi connectivity index (χ2v) is 12.2. The van der Waals surface area contributed by atoms with Crippen LogP contribution < -0.4 is 15.9 Å². The van der Waals surface area contributed by atoms with Crippen LogP contribution in [0.15, 0.2) is 34.3 Å². The Balaban J connectivity index is 1.48. The number of likely N-dealkylation sites (tertiary alicyclic amines) is 1. The number of carbonyl (C=O) groups excluding carboxylic acids is 3. The summed E-state index contributed by atoms with van der Waals surface area (Å²) in [6.45, 7) is 3.80. The van der Waals surface area contributed by atoms with E-state index in [1.165, 1.54) is 29.2 Å². The average Bonchev–Trinajstić information content (AvgIpc) is 3.67. The number of piperidine rings is 1. The zero-order valence-corrected chi connectivity index (χ0v) is 24.8. The summed E-state index contributed by atoms with van der Waals surface area (Å²) >= 11 is 0. The van der Waals surface area contributed by atoms with Crippen molar-refractivity contribution in [3.8, 4) is 11.4 Å². The Bertz CT molecular complexity index is 1370. The zero-order valence-electron chi connectivity index (χ0n) is 24.0. The Hall–Kier alpha value is -4.12. The first-order valence-corrected chi connectivity index (χ1v) is 15.7. The Morgan fingerprint density at radius 2 is 2.02 bits per heavy atom. The van der Waals surface area contributed by atoms with Crippen LogP contribution in [0.1, 0.15) is 45.4 Å². The van der Waals surface area contributed by atoms with Crippen molar-refractivity contribution in [1.29, 1.82) is 0 Å². The van der Waals surface area contributed by atoms with Crippen molar-refractivity contribution in [2.24, 2.45) is 16.9 Å². The van der Waals surface area contributed by atoms with Crippen LogP contribution in [0.5, 0.6) is 0 Å². The first kappa shape index (κ1) is 31.8. The largest absolute Gasteiger partial charge is 0.466 e. The first-order valence-electron chi connectivity index (χ1n) is 14.3. The second-order valence-electron chi connectivity index (χ2n) is 10.5. The van der Waals surface area contributed by atoms with E-state index < -0.39 is 40.3 Å². The van der Waals surface area contributed by atoms with Gasteiger partial charge in [0.1, 0.15) is 12.4 Å². The molecule has 1 saturated carbocycles. The van der Waals surface area contributed by atoms with Gasteiger partial charge in [-0.15, -0.1) is 10.2 Å². The van der Waals surface area contributed by atoms with Crippen molar-refractivity contribution in [3.63, 3.8) is 0 Å². The molecule has 1 aliphatic carbocycles. The molecule has 1 aromatic heterocycles. The number of nitrogens with zero attached hydrogens (tertiary/aromatic N) is 6. The van der Waals surface area contributed by atoms with Crippen LogP contribution in [-0.4, -0.2) is 108 Å². The highest BCUT2D eigenvalue weighted by Crippen LogP contribution is 2.28. The highest BCUT2D eigenvalue weighted by atomic mass is 32.2. The lowest BCUT2D eigenvalue weighted by molar-refractivity contribution is -0.144. The summed E-state index contributed by atoms with van der Waals surface area (Å²) < 4.78 is 34.3. The van der Waals surface area contributed by atoms with E-state index in [2.05, 4.69) is 35.8 Å². The number of sulfonamides is 1. The number of hydrazone groups is 1. The molecule has 43 heavy (non-hydrogen) atoms. The third kappa shape index (κ3) is 9.18. The summed E-state index contributed by atoms with van der Waals surface area (Å²) in [6, 6.07) is 4.22. The quantitative estimate of drug-likeness (QED) is 0.0660. The topological polar surface area (TPSA) is 218 Å². The molecule has 0 unspecified atom stereocenters. The SMILES string of the molecule is CCOC(=O)CCN(C(=O)[C@H](CC(=O)NC[C@@H]1CCCN(C=NN)C1)NS(=O)(=O)c1ccc(-c2nn[nH]n2)cc1)C1CC1. The molecule has 5 N–H and O–H groups in total. The van der Waals surface area contributed by atoms with Gasteiger partial charge in [-0.2, -0.15) is 15.0 Å². The fourth-order valence-corrected chi connectivity index (χ4v) is 6.17. The Kier molecular flexibility index (Phi) is 11.0. The molecule has 4 rings (SSSR count).